The number of rotatable bonds is 4. The van der Waals surface area contributed by atoms with Crippen LogP contribution in [0.1, 0.15) is 25.0 Å². The molecular formula is C13H19NO2. The van der Waals surface area contributed by atoms with E-state index in [9.17, 15) is 4.79 Å². The fourth-order valence-corrected chi connectivity index (χ4v) is 1.67. The fourth-order valence-electron chi connectivity index (χ4n) is 1.67. The molecule has 0 heterocycles. The number of amides is 1. The molecule has 0 aliphatic rings. The Morgan fingerprint density at radius 3 is 2.06 bits per heavy atom. The maximum atomic E-state index is 11.2. The van der Waals surface area contributed by atoms with Crippen LogP contribution in [0.5, 0.6) is 5.75 Å². The van der Waals surface area contributed by atoms with E-state index in [2.05, 4.69) is 6.07 Å². The van der Waals surface area contributed by atoms with Gasteiger partial charge in [-0.25, -0.2) is 0 Å². The number of primary amides is 1. The number of nitrogens with two attached hydrogens (primary N) is 1. The highest BCUT2D eigenvalue weighted by atomic mass is 16.5. The Morgan fingerprint density at radius 2 is 1.69 bits per heavy atom. The second-order valence-corrected chi connectivity index (χ2v) is 4.51. The Bertz CT molecular complexity index is 365. The average Bonchev–Trinajstić information content (AvgIpc) is 2.11. The first-order valence-electron chi connectivity index (χ1n) is 5.44. The van der Waals surface area contributed by atoms with Crippen LogP contribution in [0.4, 0.5) is 0 Å². The van der Waals surface area contributed by atoms with E-state index in [0.29, 0.717) is 5.75 Å². The first kappa shape index (κ1) is 12.6. The minimum absolute atomic E-state index is 0.0679. The lowest BCUT2D eigenvalue weighted by Gasteiger charge is -2.19. The topological polar surface area (TPSA) is 52.3 Å². The van der Waals surface area contributed by atoms with E-state index in [1.165, 1.54) is 0 Å². The van der Waals surface area contributed by atoms with E-state index in [4.69, 9.17) is 10.5 Å². The number of ether oxygens (including phenoxy) is 1. The van der Waals surface area contributed by atoms with Gasteiger partial charge in [-0.1, -0.05) is 19.9 Å². The van der Waals surface area contributed by atoms with Crippen LogP contribution < -0.4 is 10.5 Å². The third-order valence-electron chi connectivity index (χ3n) is 2.34. The summed E-state index contributed by atoms with van der Waals surface area (Å²) in [6, 6.07) is 5.87. The van der Waals surface area contributed by atoms with Crippen molar-refractivity contribution in [2.75, 3.05) is 0 Å². The highest BCUT2D eigenvalue weighted by Gasteiger charge is 2.21. The van der Waals surface area contributed by atoms with E-state index in [0.717, 1.165) is 11.1 Å². The molecule has 0 radical (unpaired) electrons. The van der Waals surface area contributed by atoms with E-state index in [1.54, 1.807) is 0 Å². The van der Waals surface area contributed by atoms with Crippen LogP contribution in [0.2, 0.25) is 0 Å². The molecule has 3 nitrogen and oxygen atoms in total. The third kappa shape index (κ3) is 3.26. The second-order valence-electron chi connectivity index (χ2n) is 4.51. The number of hydrogen-bond donors (Lipinski definition) is 1. The summed E-state index contributed by atoms with van der Waals surface area (Å²) < 4.78 is 5.62. The van der Waals surface area contributed by atoms with Crippen LogP contribution in [-0.2, 0) is 4.79 Å². The van der Waals surface area contributed by atoms with Gasteiger partial charge in [0.15, 0.2) is 6.10 Å². The van der Waals surface area contributed by atoms with Gasteiger partial charge in [0.05, 0.1) is 0 Å². The summed E-state index contributed by atoms with van der Waals surface area (Å²) in [5.41, 5.74) is 7.52. The molecule has 0 saturated heterocycles. The summed E-state index contributed by atoms with van der Waals surface area (Å²) in [6.07, 6.45) is -0.568. The molecule has 1 aromatic carbocycles. The molecule has 0 aliphatic heterocycles. The predicted molar refractivity (Wildman–Crippen MR) is 64.4 cm³/mol. The standard InChI is InChI=1S/C13H19NO2/c1-8(2)12(13(14)15)16-11-6-9(3)5-10(4)7-11/h5-8,12H,1-4H3,(H2,14,15). The molecular weight excluding hydrogens is 202 g/mol. The summed E-state index contributed by atoms with van der Waals surface area (Å²) in [5, 5.41) is 0. The van der Waals surface area contributed by atoms with Gasteiger partial charge in [0.25, 0.3) is 5.91 Å². The highest BCUT2D eigenvalue weighted by Crippen LogP contribution is 2.19. The summed E-state index contributed by atoms with van der Waals surface area (Å²) >= 11 is 0. The van der Waals surface area contributed by atoms with Gasteiger partial charge in [-0.3, -0.25) is 4.79 Å². The second kappa shape index (κ2) is 5.01. The summed E-state index contributed by atoms with van der Waals surface area (Å²) in [5.74, 6) is 0.350. The molecule has 88 valence electrons. The number of carbonyl (C=O) groups is 1. The third-order valence-corrected chi connectivity index (χ3v) is 2.34. The van der Waals surface area contributed by atoms with Crippen molar-refractivity contribution in [2.45, 2.75) is 33.8 Å². The Hall–Kier alpha value is -1.51. The molecule has 1 atom stereocenters. The van der Waals surface area contributed by atoms with Crippen molar-refractivity contribution in [3.8, 4) is 5.75 Å². The molecule has 0 spiro atoms. The zero-order valence-corrected chi connectivity index (χ0v) is 10.3. The molecule has 1 unspecified atom stereocenters. The zero-order valence-electron chi connectivity index (χ0n) is 10.3. The fraction of sp³-hybridized carbons (Fsp3) is 0.462. The molecule has 1 rings (SSSR count). The molecule has 2 N–H and O–H groups in total. The van der Waals surface area contributed by atoms with Crippen LogP contribution >= 0.6 is 0 Å². The van der Waals surface area contributed by atoms with Crippen LogP contribution in [0.15, 0.2) is 18.2 Å². The van der Waals surface area contributed by atoms with Crippen LogP contribution in [0.25, 0.3) is 0 Å². The number of aryl methyl sites for hydroxylation is 2. The van der Waals surface area contributed by atoms with Crippen LogP contribution in [0.3, 0.4) is 0 Å². The zero-order chi connectivity index (χ0) is 12.3. The Labute approximate surface area is 96.6 Å². The first-order chi connectivity index (χ1) is 7.40. The Balaban J connectivity index is 2.89. The smallest absolute Gasteiger partial charge is 0.258 e. The summed E-state index contributed by atoms with van der Waals surface area (Å²) in [7, 11) is 0. The van der Waals surface area contributed by atoms with E-state index >= 15 is 0 Å². The van der Waals surface area contributed by atoms with E-state index < -0.39 is 12.0 Å². The van der Waals surface area contributed by atoms with Crippen molar-refractivity contribution < 1.29 is 9.53 Å². The lowest BCUT2D eigenvalue weighted by atomic mass is 10.1. The van der Waals surface area contributed by atoms with Gasteiger partial charge >= 0.3 is 0 Å². The maximum absolute atomic E-state index is 11.2. The van der Waals surface area contributed by atoms with E-state index in [-0.39, 0.29) is 5.92 Å². The normalized spacial score (nSPS) is 12.6. The van der Waals surface area contributed by atoms with Crippen molar-refractivity contribution in [1.82, 2.24) is 0 Å². The van der Waals surface area contributed by atoms with Gasteiger partial charge in [-0.15, -0.1) is 0 Å². The molecule has 0 aliphatic carbocycles. The van der Waals surface area contributed by atoms with Gasteiger partial charge < -0.3 is 10.5 Å². The molecule has 0 fully saturated rings. The van der Waals surface area contributed by atoms with Gasteiger partial charge in [0.2, 0.25) is 0 Å². The predicted octanol–water partition coefficient (Wildman–Crippen LogP) is 2.19. The van der Waals surface area contributed by atoms with Gasteiger partial charge in [0.1, 0.15) is 5.75 Å². The van der Waals surface area contributed by atoms with Crippen molar-refractivity contribution in [1.29, 1.82) is 0 Å². The number of carbonyl (C=O) groups excluding carboxylic acids is 1. The molecule has 1 amide bonds. The first-order valence-corrected chi connectivity index (χ1v) is 5.44. The van der Waals surface area contributed by atoms with Crippen LogP contribution in [-0.4, -0.2) is 12.0 Å². The van der Waals surface area contributed by atoms with Crippen molar-refractivity contribution in [3.63, 3.8) is 0 Å². The Morgan fingerprint density at radius 1 is 1.19 bits per heavy atom. The van der Waals surface area contributed by atoms with Crippen molar-refractivity contribution >= 4 is 5.91 Å². The SMILES string of the molecule is Cc1cc(C)cc(OC(C(N)=O)C(C)C)c1. The summed E-state index contributed by atoms with van der Waals surface area (Å²) in [4.78, 5) is 11.2. The molecule has 0 aromatic heterocycles. The molecule has 16 heavy (non-hydrogen) atoms. The lowest BCUT2D eigenvalue weighted by molar-refractivity contribution is -0.126. The van der Waals surface area contributed by atoms with Crippen LogP contribution in [0, 0.1) is 19.8 Å². The maximum Gasteiger partial charge on any atom is 0.258 e. The van der Waals surface area contributed by atoms with Gasteiger partial charge in [-0.05, 0) is 43.0 Å². The number of hydrogen-bond acceptors (Lipinski definition) is 2. The Kier molecular flexibility index (Phi) is 3.93. The molecule has 0 saturated carbocycles. The quantitative estimate of drug-likeness (QED) is 0.847. The van der Waals surface area contributed by atoms with Crippen molar-refractivity contribution in [2.24, 2.45) is 11.7 Å². The monoisotopic (exact) mass is 221 g/mol. The molecule has 1 aromatic rings. The van der Waals surface area contributed by atoms with Crippen molar-refractivity contribution in [3.05, 3.63) is 29.3 Å². The molecule has 3 heteroatoms. The van der Waals surface area contributed by atoms with E-state index in [1.807, 2.05) is 39.8 Å². The lowest BCUT2D eigenvalue weighted by Crippen LogP contribution is -2.37. The molecule has 0 bridgehead atoms. The largest absolute Gasteiger partial charge is 0.480 e. The van der Waals surface area contributed by atoms with Gasteiger partial charge in [-0.2, -0.15) is 0 Å². The minimum Gasteiger partial charge on any atom is -0.480 e. The number of benzene rings is 1. The minimum atomic E-state index is -0.568. The highest BCUT2D eigenvalue weighted by molar-refractivity contribution is 5.79. The average molecular weight is 221 g/mol. The summed E-state index contributed by atoms with van der Waals surface area (Å²) in [6.45, 7) is 7.82. The van der Waals surface area contributed by atoms with Gasteiger partial charge in [0, 0.05) is 0 Å².